The van der Waals surface area contributed by atoms with Gasteiger partial charge in [0.1, 0.15) is 0 Å². The first kappa shape index (κ1) is 24.0. The van der Waals surface area contributed by atoms with Gasteiger partial charge in [-0.1, -0.05) is 90.9 Å². The van der Waals surface area contributed by atoms with Crippen molar-refractivity contribution >= 4 is 16.8 Å². The number of carbonyl (C=O) groups excluding carboxylic acids is 1. The van der Waals surface area contributed by atoms with Gasteiger partial charge in [0, 0.05) is 23.9 Å². The largest absolute Gasteiger partial charge is 0.349 e. The van der Waals surface area contributed by atoms with Gasteiger partial charge in [-0.3, -0.25) is 9.78 Å². The normalized spacial score (nSPS) is 14.2. The second-order valence-electron chi connectivity index (χ2n) is 11.0. The van der Waals surface area contributed by atoms with Crippen molar-refractivity contribution in [3.05, 3.63) is 77.0 Å². The summed E-state index contributed by atoms with van der Waals surface area (Å²) in [7, 11) is 0. The Morgan fingerprint density at radius 2 is 1.50 bits per heavy atom. The van der Waals surface area contributed by atoms with E-state index in [0.717, 1.165) is 28.6 Å². The lowest BCUT2D eigenvalue weighted by molar-refractivity contribution is -0.119. The van der Waals surface area contributed by atoms with E-state index in [9.17, 15) is 4.79 Å². The molecule has 3 heteroatoms. The van der Waals surface area contributed by atoms with Gasteiger partial charge in [0.15, 0.2) is 0 Å². The average Bonchev–Trinajstić information content (AvgIpc) is 2.71. The summed E-state index contributed by atoms with van der Waals surface area (Å²) in [5.74, 6) is 0.0549. The first-order chi connectivity index (χ1) is 14.9. The third-order valence-electron chi connectivity index (χ3n) is 6.25. The van der Waals surface area contributed by atoms with E-state index in [2.05, 4.69) is 96.2 Å². The fourth-order valence-corrected chi connectivity index (χ4v) is 4.24. The highest BCUT2D eigenvalue weighted by molar-refractivity contribution is 5.78. The number of fused-ring (bicyclic) bond motifs is 1. The topological polar surface area (TPSA) is 42.0 Å². The molecule has 0 fully saturated rings. The monoisotopic (exact) mass is 430 g/mol. The number of hydrogen-bond acceptors (Lipinski definition) is 2. The van der Waals surface area contributed by atoms with Crippen molar-refractivity contribution in [2.75, 3.05) is 0 Å². The fourth-order valence-electron chi connectivity index (χ4n) is 4.24. The van der Waals surface area contributed by atoms with Crippen LogP contribution in [-0.4, -0.2) is 10.9 Å². The quantitative estimate of drug-likeness (QED) is 0.465. The Kier molecular flexibility index (Phi) is 6.78. The van der Waals surface area contributed by atoms with Crippen LogP contribution in [-0.2, 0) is 15.6 Å². The minimum absolute atomic E-state index is 0.0136. The summed E-state index contributed by atoms with van der Waals surface area (Å²) in [5.41, 5.74) is 5.76. The van der Waals surface area contributed by atoms with Crippen molar-refractivity contribution < 1.29 is 4.79 Å². The summed E-state index contributed by atoms with van der Waals surface area (Å²) < 4.78 is 0. The van der Waals surface area contributed by atoms with Crippen LogP contribution in [0.15, 0.2) is 54.6 Å². The lowest BCUT2D eigenvalue weighted by Crippen LogP contribution is -2.32. The van der Waals surface area contributed by atoms with Gasteiger partial charge in [-0.05, 0) is 46.1 Å². The van der Waals surface area contributed by atoms with Crippen molar-refractivity contribution in [2.24, 2.45) is 0 Å². The number of carbonyl (C=O) groups is 1. The first-order valence-corrected chi connectivity index (χ1v) is 11.7. The third-order valence-corrected chi connectivity index (χ3v) is 6.25. The third kappa shape index (κ3) is 5.38. The molecule has 170 valence electrons. The Labute approximate surface area is 193 Å². The zero-order valence-corrected chi connectivity index (χ0v) is 20.9. The molecule has 1 N–H and O–H groups in total. The molecule has 32 heavy (non-hydrogen) atoms. The van der Waals surface area contributed by atoms with E-state index in [-0.39, 0.29) is 28.7 Å². The highest BCUT2D eigenvalue weighted by atomic mass is 16.1. The van der Waals surface area contributed by atoms with Gasteiger partial charge in [-0.25, -0.2) is 0 Å². The number of rotatable bonds is 5. The van der Waals surface area contributed by atoms with Gasteiger partial charge >= 0.3 is 0 Å². The molecule has 0 aliphatic heterocycles. The van der Waals surface area contributed by atoms with Crippen LogP contribution in [0.1, 0.15) is 96.2 Å². The highest BCUT2D eigenvalue weighted by Crippen LogP contribution is 2.38. The number of nitrogens with one attached hydrogen (secondary N) is 1. The van der Waals surface area contributed by atoms with Gasteiger partial charge in [-0.2, -0.15) is 0 Å². The van der Waals surface area contributed by atoms with Crippen LogP contribution >= 0.6 is 0 Å². The Morgan fingerprint density at radius 1 is 0.906 bits per heavy atom. The van der Waals surface area contributed by atoms with Crippen LogP contribution in [0.25, 0.3) is 10.9 Å². The molecule has 1 heterocycles. The van der Waals surface area contributed by atoms with E-state index in [0.29, 0.717) is 0 Å². The molecule has 0 bridgehead atoms. The van der Waals surface area contributed by atoms with Gasteiger partial charge in [0.2, 0.25) is 5.91 Å². The van der Waals surface area contributed by atoms with E-state index in [1.807, 2.05) is 12.1 Å². The van der Waals surface area contributed by atoms with Gasteiger partial charge < -0.3 is 5.32 Å². The Hall–Kier alpha value is -2.68. The van der Waals surface area contributed by atoms with Crippen LogP contribution in [0.5, 0.6) is 0 Å². The van der Waals surface area contributed by atoms with Crippen LogP contribution in [0, 0.1) is 0 Å². The second-order valence-corrected chi connectivity index (χ2v) is 11.0. The van der Waals surface area contributed by atoms with Gasteiger partial charge in [0.05, 0.1) is 11.6 Å². The fraction of sp³-hybridized carbons (Fsp3) is 0.448. The molecule has 1 aromatic heterocycles. The van der Waals surface area contributed by atoms with Crippen molar-refractivity contribution in [1.29, 1.82) is 0 Å². The zero-order valence-electron chi connectivity index (χ0n) is 20.9. The molecule has 1 amide bonds. The van der Waals surface area contributed by atoms with Crippen LogP contribution < -0.4 is 5.32 Å². The van der Waals surface area contributed by atoms with Crippen molar-refractivity contribution in [2.45, 2.75) is 84.6 Å². The summed E-state index contributed by atoms with van der Waals surface area (Å²) in [4.78, 5) is 17.3. The molecule has 0 saturated carbocycles. The standard InChI is InChI=1S/C29H38N2O/c1-9-24(26-15-14-20-12-10-11-13-25(20)31-26)27(30-19(2)32)21-16-22(28(3,4)5)18-23(17-21)29(6,7)8/h10-18,24,27H,9H2,1-8H3,(H,30,32)/t24-,27+/m1/s1. The summed E-state index contributed by atoms with van der Waals surface area (Å²) in [6, 6.07) is 19.2. The first-order valence-electron chi connectivity index (χ1n) is 11.7. The SMILES string of the molecule is CC[C@H](c1ccc2ccccc2n1)[C@@H](NC(C)=O)c1cc(C(C)(C)C)cc(C(C)(C)C)c1. The smallest absolute Gasteiger partial charge is 0.217 e. The van der Waals surface area contributed by atoms with Gasteiger partial charge in [-0.15, -0.1) is 0 Å². The van der Waals surface area contributed by atoms with Crippen molar-refractivity contribution in [1.82, 2.24) is 10.3 Å². The van der Waals surface area contributed by atoms with E-state index in [4.69, 9.17) is 4.98 Å². The molecule has 0 unspecified atom stereocenters. The summed E-state index contributed by atoms with van der Waals surface area (Å²) in [6.45, 7) is 17.2. The lowest BCUT2D eigenvalue weighted by Gasteiger charge is -2.31. The lowest BCUT2D eigenvalue weighted by atomic mass is 9.77. The molecular formula is C29H38N2O. The molecule has 0 saturated heterocycles. The molecule has 0 spiro atoms. The average molecular weight is 431 g/mol. The predicted octanol–water partition coefficient (Wildman–Crippen LogP) is 7.20. The second kappa shape index (κ2) is 9.05. The predicted molar refractivity (Wildman–Crippen MR) is 135 cm³/mol. The summed E-state index contributed by atoms with van der Waals surface area (Å²) in [5, 5.41) is 4.40. The minimum Gasteiger partial charge on any atom is -0.349 e. The molecule has 0 aliphatic rings. The summed E-state index contributed by atoms with van der Waals surface area (Å²) in [6.07, 6.45) is 0.876. The Bertz CT molecular complexity index is 1070. The number of benzene rings is 2. The molecule has 2 aromatic carbocycles. The minimum atomic E-state index is -0.144. The maximum Gasteiger partial charge on any atom is 0.217 e. The molecule has 3 aromatic rings. The summed E-state index contributed by atoms with van der Waals surface area (Å²) >= 11 is 0. The van der Waals surface area contributed by atoms with E-state index >= 15 is 0 Å². The highest BCUT2D eigenvalue weighted by Gasteiger charge is 2.29. The van der Waals surface area contributed by atoms with Crippen LogP contribution in [0.2, 0.25) is 0 Å². The Balaban J connectivity index is 2.18. The molecular weight excluding hydrogens is 392 g/mol. The molecule has 2 atom stereocenters. The number of amides is 1. The van der Waals surface area contributed by atoms with Crippen molar-refractivity contribution in [3.8, 4) is 0 Å². The van der Waals surface area contributed by atoms with Crippen LogP contribution in [0.4, 0.5) is 0 Å². The maximum atomic E-state index is 12.3. The van der Waals surface area contributed by atoms with E-state index in [1.165, 1.54) is 11.1 Å². The molecule has 3 rings (SSSR count). The Morgan fingerprint density at radius 3 is 2.03 bits per heavy atom. The van der Waals surface area contributed by atoms with Crippen LogP contribution in [0.3, 0.4) is 0 Å². The number of pyridine rings is 1. The molecule has 0 radical (unpaired) electrons. The number of hydrogen-bond donors (Lipinski definition) is 1. The van der Waals surface area contributed by atoms with Gasteiger partial charge in [0.25, 0.3) is 0 Å². The number of nitrogens with zero attached hydrogens (tertiary/aromatic N) is 1. The van der Waals surface area contributed by atoms with Crippen molar-refractivity contribution in [3.63, 3.8) is 0 Å². The number of para-hydroxylation sites is 1. The number of aromatic nitrogens is 1. The van der Waals surface area contributed by atoms with E-state index in [1.54, 1.807) is 6.92 Å². The zero-order chi connectivity index (χ0) is 23.7. The molecule has 0 aliphatic carbocycles. The van der Waals surface area contributed by atoms with E-state index < -0.39 is 0 Å². The molecule has 3 nitrogen and oxygen atoms in total. The maximum absolute atomic E-state index is 12.3.